The monoisotopic (exact) mass is 479 g/mol. The second kappa shape index (κ2) is 9.74. The van der Waals surface area contributed by atoms with E-state index in [2.05, 4.69) is 32.8 Å². The van der Waals surface area contributed by atoms with Gasteiger partial charge in [0.05, 0.1) is 25.0 Å². The van der Waals surface area contributed by atoms with Gasteiger partial charge in [-0.2, -0.15) is 0 Å². The van der Waals surface area contributed by atoms with E-state index in [1.165, 1.54) is 35.2 Å². The number of carbonyl (C=O) groups excluding carboxylic acids is 1. The summed E-state index contributed by atoms with van der Waals surface area (Å²) in [7, 11) is 0. The second-order valence-corrected chi connectivity index (χ2v) is 9.50. The van der Waals surface area contributed by atoms with Gasteiger partial charge in [0.25, 0.3) is 0 Å². The van der Waals surface area contributed by atoms with Crippen LogP contribution in [-0.2, 0) is 11.2 Å². The number of halogens is 1. The molecular weight excluding hydrogens is 450 g/mol. The first kappa shape index (κ1) is 22.8. The van der Waals surface area contributed by atoms with Gasteiger partial charge in [-0.1, -0.05) is 29.8 Å². The van der Waals surface area contributed by atoms with Crippen molar-refractivity contribution in [3.8, 4) is 0 Å². The molecule has 0 saturated carbocycles. The van der Waals surface area contributed by atoms with E-state index in [0.29, 0.717) is 6.61 Å². The standard InChI is InChI=1S/C26H30ClN5O2/c1-3-34-26(33)23-14-29-24(15-28-23)31-11-12-32(17(2)16-31)25-20-9-6-8-19(20)22(30-25)13-18-7-4-5-10-21(18)27/h4-5,7,10,14-15,17,22H,3,6,8-9,11-13,16H2,1-2H3/t17-,22?/m0/s1. The molecule has 1 unspecified atom stereocenters. The Labute approximate surface area is 205 Å². The molecule has 3 heterocycles. The van der Waals surface area contributed by atoms with E-state index >= 15 is 0 Å². The molecule has 0 spiro atoms. The van der Waals surface area contributed by atoms with Crippen molar-refractivity contribution in [1.82, 2.24) is 14.9 Å². The number of benzene rings is 1. The van der Waals surface area contributed by atoms with Crippen molar-refractivity contribution in [3.05, 3.63) is 64.1 Å². The summed E-state index contributed by atoms with van der Waals surface area (Å²) in [5.74, 6) is 1.52. The van der Waals surface area contributed by atoms with Crippen LogP contribution in [0, 0.1) is 0 Å². The lowest BCUT2D eigenvalue weighted by Gasteiger charge is -2.42. The number of anilines is 1. The second-order valence-electron chi connectivity index (χ2n) is 9.09. The number of carbonyl (C=O) groups is 1. The number of rotatable bonds is 5. The minimum absolute atomic E-state index is 0.193. The minimum atomic E-state index is -0.439. The molecule has 1 saturated heterocycles. The van der Waals surface area contributed by atoms with Gasteiger partial charge in [-0.15, -0.1) is 0 Å². The van der Waals surface area contributed by atoms with Crippen LogP contribution in [0.4, 0.5) is 5.82 Å². The highest BCUT2D eigenvalue weighted by atomic mass is 35.5. The fourth-order valence-corrected chi connectivity index (χ4v) is 5.47. The number of aromatic nitrogens is 2. The Bertz CT molecular complexity index is 1130. The summed E-state index contributed by atoms with van der Waals surface area (Å²) >= 11 is 6.45. The molecule has 5 rings (SSSR count). The van der Waals surface area contributed by atoms with Crippen LogP contribution in [0.1, 0.15) is 49.2 Å². The lowest BCUT2D eigenvalue weighted by Crippen LogP contribution is -2.54. The zero-order valence-corrected chi connectivity index (χ0v) is 20.5. The SMILES string of the molecule is CCOC(=O)c1cnc(N2CCN(C3=NC(Cc4ccccc4Cl)C4=C3CCC4)[C@@H](C)C2)cn1. The van der Waals surface area contributed by atoms with E-state index in [1.54, 1.807) is 13.1 Å². The quantitative estimate of drug-likeness (QED) is 0.595. The Morgan fingerprint density at radius 3 is 2.76 bits per heavy atom. The van der Waals surface area contributed by atoms with Gasteiger partial charge in [-0.3, -0.25) is 4.99 Å². The molecule has 1 aromatic carbocycles. The van der Waals surface area contributed by atoms with Gasteiger partial charge in [0, 0.05) is 37.1 Å². The normalized spacial score (nSPS) is 22.1. The molecule has 2 aromatic rings. The van der Waals surface area contributed by atoms with E-state index in [-0.39, 0.29) is 17.8 Å². The van der Waals surface area contributed by atoms with Crippen molar-refractivity contribution in [2.45, 2.75) is 51.6 Å². The highest BCUT2D eigenvalue weighted by Crippen LogP contribution is 2.39. The summed E-state index contributed by atoms with van der Waals surface area (Å²) in [5, 5.41) is 0.823. The number of piperazine rings is 1. The van der Waals surface area contributed by atoms with Crippen LogP contribution < -0.4 is 4.90 Å². The van der Waals surface area contributed by atoms with Crippen molar-refractivity contribution in [1.29, 1.82) is 0 Å². The molecule has 0 amide bonds. The maximum absolute atomic E-state index is 11.9. The fraction of sp³-hybridized carbons (Fsp3) is 0.462. The number of hydrogen-bond donors (Lipinski definition) is 0. The van der Waals surface area contributed by atoms with Crippen LogP contribution in [0.2, 0.25) is 5.02 Å². The van der Waals surface area contributed by atoms with Gasteiger partial charge in [0.15, 0.2) is 5.69 Å². The Morgan fingerprint density at radius 1 is 1.18 bits per heavy atom. The van der Waals surface area contributed by atoms with E-state index in [9.17, 15) is 4.79 Å². The van der Waals surface area contributed by atoms with Gasteiger partial charge >= 0.3 is 5.97 Å². The first-order valence-corrected chi connectivity index (χ1v) is 12.5. The Hall–Kier alpha value is -2.93. The van der Waals surface area contributed by atoms with Crippen molar-refractivity contribution in [3.63, 3.8) is 0 Å². The molecule has 0 radical (unpaired) electrons. The van der Waals surface area contributed by atoms with E-state index in [4.69, 9.17) is 21.3 Å². The van der Waals surface area contributed by atoms with Crippen LogP contribution in [0.3, 0.4) is 0 Å². The summed E-state index contributed by atoms with van der Waals surface area (Å²) in [4.78, 5) is 30.5. The number of hydrogen-bond acceptors (Lipinski definition) is 7. The molecule has 2 atom stereocenters. The number of ether oxygens (including phenoxy) is 1. The van der Waals surface area contributed by atoms with Gasteiger partial charge in [0.1, 0.15) is 11.7 Å². The highest BCUT2D eigenvalue weighted by molar-refractivity contribution is 6.31. The van der Waals surface area contributed by atoms with Gasteiger partial charge in [-0.05, 0) is 55.9 Å². The topological polar surface area (TPSA) is 70.9 Å². The van der Waals surface area contributed by atoms with Crippen LogP contribution >= 0.6 is 11.6 Å². The van der Waals surface area contributed by atoms with E-state index < -0.39 is 5.97 Å². The summed E-state index contributed by atoms with van der Waals surface area (Å²) in [6.45, 7) is 6.86. The third kappa shape index (κ3) is 4.41. The molecule has 178 valence electrons. The van der Waals surface area contributed by atoms with E-state index in [0.717, 1.165) is 49.7 Å². The third-order valence-electron chi connectivity index (χ3n) is 6.93. The predicted molar refractivity (Wildman–Crippen MR) is 134 cm³/mol. The van der Waals surface area contributed by atoms with Crippen molar-refractivity contribution in [2.75, 3.05) is 31.1 Å². The summed E-state index contributed by atoms with van der Waals surface area (Å²) < 4.78 is 5.00. The van der Waals surface area contributed by atoms with Crippen LogP contribution in [-0.4, -0.2) is 65.0 Å². The maximum atomic E-state index is 11.9. The Kier molecular flexibility index (Phi) is 6.55. The third-order valence-corrected chi connectivity index (χ3v) is 7.30. The van der Waals surface area contributed by atoms with Crippen molar-refractivity contribution >= 4 is 29.2 Å². The van der Waals surface area contributed by atoms with Gasteiger partial charge < -0.3 is 14.5 Å². The smallest absolute Gasteiger partial charge is 0.358 e. The zero-order valence-electron chi connectivity index (χ0n) is 19.7. The summed E-state index contributed by atoms with van der Waals surface area (Å²) in [6, 6.07) is 8.58. The summed E-state index contributed by atoms with van der Waals surface area (Å²) in [5.41, 5.74) is 4.37. The molecule has 7 nitrogen and oxygen atoms in total. The number of aliphatic imine (C=N–C) groups is 1. The molecule has 1 aliphatic carbocycles. The first-order chi connectivity index (χ1) is 16.5. The number of esters is 1. The lowest BCUT2D eigenvalue weighted by molar-refractivity contribution is 0.0519. The van der Waals surface area contributed by atoms with Crippen LogP contribution in [0.15, 0.2) is 52.8 Å². The lowest BCUT2D eigenvalue weighted by atomic mass is 9.98. The van der Waals surface area contributed by atoms with Crippen LogP contribution in [0.5, 0.6) is 0 Å². The molecule has 0 bridgehead atoms. The molecular formula is C26H30ClN5O2. The van der Waals surface area contributed by atoms with Crippen LogP contribution in [0.25, 0.3) is 0 Å². The molecule has 2 aliphatic heterocycles. The first-order valence-electron chi connectivity index (χ1n) is 12.1. The molecule has 34 heavy (non-hydrogen) atoms. The molecule has 3 aliphatic rings. The molecule has 0 N–H and O–H groups in total. The minimum Gasteiger partial charge on any atom is -0.461 e. The number of nitrogens with zero attached hydrogens (tertiary/aromatic N) is 5. The Balaban J connectivity index is 1.29. The average molecular weight is 480 g/mol. The van der Waals surface area contributed by atoms with Crippen molar-refractivity contribution in [2.24, 2.45) is 4.99 Å². The summed E-state index contributed by atoms with van der Waals surface area (Å²) in [6.07, 6.45) is 7.48. The average Bonchev–Trinajstić information content (AvgIpc) is 3.45. The number of amidine groups is 1. The van der Waals surface area contributed by atoms with Gasteiger partial charge in [-0.25, -0.2) is 14.8 Å². The fourth-order valence-electron chi connectivity index (χ4n) is 5.26. The van der Waals surface area contributed by atoms with Crippen molar-refractivity contribution < 1.29 is 9.53 Å². The van der Waals surface area contributed by atoms with Gasteiger partial charge in [0.2, 0.25) is 0 Å². The maximum Gasteiger partial charge on any atom is 0.358 e. The predicted octanol–water partition coefficient (Wildman–Crippen LogP) is 4.32. The molecule has 1 aromatic heterocycles. The Morgan fingerprint density at radius 2 is 2.03 bits per heavy atom. The molecule has 8 heteroatoms. The highest BCUT2D eigenvalue weighted by Gasteiger charge is 2.37. The zero-order chi connectivity index (χ0) is 23.7. The largest absolute Gasteiger partial charge is 0.461 e. The molecule has 1 fully saturated rings. The van der Waals surface area contributed by atoms with E-state index in [1.807, 2.05) is 18.2 Å².